The van der Waals surface area contributed by atoms with Crippen molar-refractivity contribution in [2.75, 3.05) is 19.7 Å². The second kappa shape index (κ2) is 9.78. The second-order valence-corrected chi connectivity index (χ2v) is 6.27. The van der Waals surface area contributed by atoms with Crippen molar-refractivity contribution in [3.8, 4) is 0 Å². The molecule has 21 heavy (non-hydrogen) atoms. The van der Waals surface area contributed by atoms with Crippen molar-refractivity contribution in [3.05, 3.63) is 0 Å². The first kappa shape index (κ1) is 18.9. The lowest BCUT2D eigenvalue weighted by atomic mass is 9.80. The van der Waals surface area contributed by atoms with Gasteiger partial charge in [-0.1, -0.05) is 27.7 Å². The van der Waals surface area contributed by atoms with E-state index in [0.29, 0.717) is 12.1 Å². The summed E-state index contributed by atoms with van der Waals surface area (Å²) in [5, 5.41) is 0. The maximum atomic E-state index is 5.94. The van der Waals surface area contributed by atoms with Crippen molar-refractivity contribution in [2.45, 2.75) is 90.3 Å². The summed E-state index contributed by atoms with van der Waals surface area (Å²) < 4.78 is 5.73. The lowest BCUT2D eigenvalue weighted by Gasteiger charge is -2.48. The van der Waals surface area contributed by atoms with Gasteiger partial charge in [0.1, 0.15) is 0 Å². The van der Waals surface area contributed by atoms with Crippen LogP contribution in [0.2, 0.25) is 0 Å². The number of hydrazine groups is 1. The molecule has 0 radical (unpaired) electrons. The number of nitrogens with zero attached hydrogens (tertiary/aromatic N) is 1. The van der Waals surface area contributed by atoms with E-state index in [1.165, 1.54) is 25.7 Å². The van der Waals surface area contributed by atoms with Crippen LogP contribution in [0, 0.1) is 0 Å². The second-order valence-electron chi connectivity index (χ2n) is 6.27. The van der Waals surface area contributed by atoms with Crippen molar-refractivity contribution in [1.82, 2.24) is 10.3 Å². The van der Waals surface area contributed by atoms with E-state index < -0.39 is 0 Å². The van der Waals surface area contributed by atoms with Crippen LogP contribution in [0.4, 0.5) is 0 Å². The molecule has 0 aromatic carbocycles. The molecule has 3 N–H and O–H groups in total. The molecule has 1 aliphatic heterocycles. The Bertz CT molecular complexity index is 259. The third-order valence-electron chi connectivity index (χ3n) is 5.51. The fraction of sp³-hybridized carbons (Fsp3) is 1.00. The van der Waals surface area contributed by atoms with Crippen LogP contribution in [-0.2, 0) is 4.74 Å². The van der Waals surface area contributed by atoms with Gasteiger partial charge in [-0.25, -0.2) is 0 Å². The number of ether oxygens (including phenoxy) is 1. The minimum absolute atomic E-state index is 0.175. The molecule has 1 saturated heterocycles. The van der Waals surface area contributed by atoms with E-state index in [9.17, 15) is 0 Å². The standard InChI is InChI=1S/C17H37N3O/c1-5-17(6-2,20(7-3)8-4)16(19-18)13-9-11-15-12-10-14-21-15/h15-16,19H,5-14,18H2,1-4H3. The van der Waals surface area contributed by atoms with E-state index in [0.717, 1.165) is 39.0 Å². The van der Waals surface area contributed by atoms with Gasteiger partial charge in [0.25, 0.3) is 0 Å². The largest absolute Gasteiger partial charge is 0.378 e. The van der Waals surface area contributed by atoms with E-state index >= 15 is 0 Å². The first-order valence-electron chi connectivity index (χ1n) is 9.01. The van der Waals surface area contributed by atoms with Crippen molar-refractivity contribution < 1.29 is 4.74 Å². The van der Waals surface area contributed by atoms with Crippen molar-refractivity contribution in [2.24, 2.45) is 5.84 Å². The van der Waals surface area contributed by atoms with Gasteiger partial charge in [0, 0.05) is 18.2 Å². The van der Waals surface area contributed by atoms with Gasteiger partial charge >= 0.3 is 0 Å². The molecule has 1 fully saturated rings. The Labute approximate surface area is 131 Å². The van der Waals surface area contributed by atoms with Gasteiger partial charge in [0.05, 0.1) is 6.10 Å². The maximum Gasteiger partial charge on any atom is 0.0576 e. The highest BCUT2D eigenvalue weighted by Crippen LogP contribution is 2.31. The fourth-order valence-electron chi connectivity index (χ4n) is 4.19. The van der Waals surface area contributed by atoms with Crippen LogP contribution in [0.25, 0.3) is 0 Å². The Morgan fingerprint density at radius 2 is 1.90 bits per heavy atom. The zero-order valence-electron chi connectivity index (χ0n) is 14.7. The molecule has 4 nitrogen and oxygen atoms in total. The van der Waals surface area contributed by atoms with Crippen LogP contribution in [0.15, 0.2) is 0 Å². The first-order valence-corrected chi connectivity index (χ1v) is 9.01. The molecule has 1 rings (SSSR count). The molecule has 1 aliphatic rings. The highest BCUT2D eigenvalue weighted by atomic mass is 16.5. The zero-order valence-corrected chi connectivity index (χ0v) is 14.7. The van der Waals surface area contributed by atoms with Crippen LogP contribution in [0.5, 0.6) is 0 Å². The normalized spacial score (nSPS) is 21.1. The predicted molar refractivity (Wildman–Crippen MR) is 90.2 cm³/mol. The highest BCUT2D eigenvalue weighted by molar-refractivity contribution is 4.97. The third-order valence-corrected chi connectivity index (χ3v) is 5.51. The average Bonchev–Trinajstić information content (AvgIpc) is 3.03. The lowest BCUT2D eigenvalue weighted by Crippen LogP contribution is -2.62. The molecular formula is C17H37N3O. The quantitative estimate of drug-likeness (QED) is 0.455. The van der Waals surface area contributed by atoms with E-state index in [1.807, 2.05) is 0 Å². The van der Waals surface area contributed by atoms with Gasteiger partial charge in [-0.05, 0) is 58.0 Å². The summed E-state index contributed by atoms with van der Waals surface area (Å²) >= 11 is 0. The van der Waals surface area contributed by atoms with Gasteiger partial charge in [-0.3, -0.25) is 16.2 Å². The Morgan fingerprint density at radius 3 is 2.33 bits per heavy atom. The first-order chi connectivity index (χ1) is 10.2. The van der Waals surface area contributed by atoms with Gasteiger partial charge in [-0.2, -0.15) is 0 Å². The van der Waals surface area contributed by atoms with Crippen LogP contribution < -0.4 is 11.3 Å². The number of rotatable bonds is 11. The molecular weight excluding hydrogens is 262 g/mol. The summed E-state index contributed by atoms with van der Waals surface area (Å²) in [6.07, 6.45) is 8.76. The Morgan fingerprint density at radius 1 is 1.24 bits per heavy atom. The molecule has 0 aromatic rings. The summed E-state index contributed by atoms with van der Waals surface area (Å²) in [6, 6.07) is 0.355. The topological polar surface area (TPSA) is 50.5 Å². The molecule has 0 saturated carbocycles. The average molecular weight is 300 g/mol. The van der Waals surface area contributed by atoms with Crippen molar-refractivity contribution in [3.63, 3.8) is 0 Å². The molecule has 0 bridgehead atoms. The molecule has 4 heteroatoms. The van der Waals surface area contributed by atoms with Crippen LogP contribution in [0.1, 0.15) is 72.6 Å². The van der Waals surface area contributed by atoms with E-state index in [1.54, 1.807) is 0 Å². The van der Waals surface area contributed by atoms with E-state index in [4.69, 9.17) is 10.6 Å². The molecule has 0 aliphatic carbocycles. The minimum Gasteiger partial charge on any atom is -0.378 e. The van der Waals surface area contributed by atoms with Gasteiger partial charge in [0.2, 0.25) is 0 Å². The molecule has 126 valence electrons. The smallest absolute Gasteiger partial charge is 0.0576 e. The summed E-state index contributed by atoms with van der Waals surface area (Å²) in [4.78, 5) is 2.59. The van der Waals surface area contributed by atoms with E-state index in [2.05, 4.69) is 38.0 Å². The fourth-order valence-corrected chi connectivity index (χ4v) is 4.19. The van der Waals surface area contributed by atoms with Gasteiger partial charge in [0.15, 0.2) is 0 Å². The zero-order chi connectivity index (χ0) is 15.7. The van der Waals surface area contributed by atoms with Gasteiger partial charge < -0.3 is 4.74 Å². The lowest BCUT2D eigenvalue weighted by molar-refractivity contribution is 0.0421. The third kappa shape index (κ3) is 4.65. The monoisotopic (exact) mass is 299 g/mol. The van der Waals surface area contributed by atoms with Crippen molar-refractivity contribution >= 4 is 0 Å². The van der Waals surface area contributed by atoms with E-state index in [-0.39, 0.29) is 5.54 Å². The molecule has 0 spiro atoms. The van der Waals surface area contributed by atoms with Gasteiger partial charge in [-0.15, -0.1) is 0 Å². The number of hydrogen-bond acceptors (Lipinski definition) is 4. The molecule has 0 aromatic heterocycles. The van der Waals surface area contributed by atoms with Crippen LogP contribution in [-0.4, -0.2) is 42.3 Å². The highest BCUT2D eigenvalue weighted by Gasteiger charge is 2.39. The maximum absolute atomic E-state index is 5.94. The minimum atomic E-state index is 0.175. The Hall–Kier alpha value is -0.160. The molecule has 2 atom stereocenters. The number of nitrogens with one attached hydrogen (secondary N) is 1. The van der Waals surface area contributed by atoms with Crippen LogP contribution >= 0.6 is 0 Å². The molecule has 0 amide bonds. The summed E-state index contributed by atoms with van der Waals surface area (Å²) in [6.45, 7) is 12.2. The SMILES string of the molecule is CCN(CC)C(CC)(CC)C(CCCC1CCCO1)NN. The Balaban J connectivity index is 2.62. The number of hydrogen-bond donors (Lipinski definition) is 2. The number of nitrogens with two attached hydrogens (primary N) is 1. The summed E-state index contributed by atoms with van der Waals surface area (Å²) in [5.74, 6) is 5.94. The van der Waals surface area contributed by atoms with Crippen molar-refractivity contribution in [1.29, 1.82) is 0 Å². The molecule has 2 unspecified atom stereocenters. The summed E-state index contributed by atoms with van der Waals surface area (Å²) in [7, 11) is 0. The summed E-state index contributed by atoms with van der Waals surface area (Å²) in [5.41, 5.74) is 3.31. The number of likely N-dealkylation sites (N-methyl/N-ethyl adjacent to an activating group) is 1. The molecule has 1 heterocycles. The predicted octanol–water partition coefficient (Wildman–Crippen LogP) is 3.07. The Kier molecular flexibility index (Phi) is 8.79. The van der Waals surface area contributed by atoms with Crippen LogP contribution in [0.3, 0.4) is 0 Å².